The molecule has 36 heavy (non-hydrogen) atoms. The summed E-state index contributed by atoms with van der Waals surface area (Å²) >= 11 is 3.55. The highest BCUT2D eigenvalue weighted by Gasteiger charge is 2.73. The van der Waals surface area contributed by atoms with Crippen LogP contribution in [0.15, 0.2) is 36.4 Å². The Morgan fingerprint density at radius 2 is 1.61 bits per heavy atom. The minimum atomic E-state index is -6.30. The molecule has 0 saturated carbocycles. The Kier molecular flexibility index (Phi) is 8.80. The zero-order valence-corrected chi connectivity index (χ0v) is 19.9. The van der Waals surface area contributed by atoms with Gasteiger partial charge in [-0.1, -0.05) is 40.9 Å². The van der Waals surface area contributed by atoms with Gasteiger partial charge in [0.15, 0.2) is 0 Å². The van der Waals surface area contributed by atoms with E-state index in [1.807, 2.05) is 0 Å². The number of aryl methyl sites for hydroxylation is 1. The first-order valence-corrected chi connectivity index (χ1v) is 11.4. The third-order valence-electron chi connectivity index (χ3n) is 4.90. The van der Waals surface area contributed by atoms with Crippen LogP contribution in [0.4, 0.5) is 36.4 Å². The number of carbonyl (C=O) groups is 2. The number of benzene rings is 2. The molecular weight excluding hydrogens is 545 g/mol. The van der Waals surface area contributed by atoms with Gasteiger partial charge >= 0.3 is 18.0 Å². The van der Waals surface area contributed by atoms with Gasteiger partial charge in [0.2, 0.25) is 0 Å². The van der Waals surface area contributed by atoms with Gasteiger partial charge in [-0.25, -0.2) is 4.39 Å². The van der Waals surface area contributed by atoms with Crippen LogP contribution in [0.25, 0.3) is 0 Å². The van der Waals surface area contributed by atoms with E-state index in [0.717, 1.165) is 13.0 Å². The Balaban J connectivity index is 2.40. The molecule has 2 N–H and O–H groups in total. The summed E-state index contributed by atoms with van der Waals surface area (Å²) in [6, 6.07) is 4.05. The van der Waals surface area contributed by atoms with Gasteiger partial charge < -0.3 is 15.2 Å². The van der Waals surface area contributed by atoms with Crippen molar-refractivity contribution in [1.29, 1.82) is 0 Å². The summed E-state index contributed by atoms with van der Waals surface area (Å²) in [4.78, 5) is 25.4. The summed E-state index contributed by atoms with van der Waals surface area (Å²) in [5, 5.41) is 4.38. The molecule has 2 rings (SSSR count). The van der Waals surface area contributed by atoms with Crippen LogP contribution >= 0.6 is 11.6 Å². The minimum absolute atomic E-state index is 0.194. The number of alkyl halides is 7. The lowest BCUT2D eigenvalue weighted by Gasteiger charge is -2.30. The number of carbonyl (C=O) groups excluding carboxylic acids is 2. The Morgan fingerprint density at radius 1 is 1.03 bits per heavy atom. The second-order valence-electron chi connectivity index (χ2n) is 7.65. The molecule has 0 aliphatic heterocycles. The van der Waals surface area contributed by atoms with Gasteiger partial charge in [0.1, 0.15) is 0 Å². The lowest BCUT2D eigenvalue weighted by Crippen LogP contribution is -2.50. The molecule has 0 saturated heterocycles. The molecular formula is C21H17ClF7N2O4S-. The van der Waals surface area contributed by atoms with E-state index in [1.165, 1.54) is 19.1 Å². The lowest BCUT2D eigenvalue weighted by molar-refractivity contribution is -0.348. The molecule has 0 aliphatic carbocycles. The Hall–Kier alpha value is -2.71. The van der Waals surface area contributed by atoms with Crippen molar-refractivity contribution in [3.05, 3.63) is 63.7 Å². The van der Waals surface area contributed by atoms with Gasteiger partial charge in [-0.05, 0) is 37.6 Å². The van der Waals surface area contributed by atoms with E-state index in [9.17, 15) is 49.1 Å². The first-order valence-electron chi connectivity index (χ1n) is 9.80. The van der Waals surface area contributed by atoms with Crippen molar-refractivity contribution < 1.29 is 49.1 Å². The van der Waals surface area contributed by atoms with Gasteiger partial charge in [-0.15, -0.1) is 0 Å². The van der Waals surface area contributed by atoms with Gasteiger partial charge in [0.25, 0.3) is 11.8 Å². The zero-order chi connectivity index (χ0) is 27.6. The highest BCUT2D eigenvalue weighted by atomic mass is 35.5. The first-order chi connectivity index (χ1) is 16.4. The van der Waals surface area contributed by atoms with Gasteiger partial charge in [-0.2, -0.15) is 26.3 Å². The molecule has 0 aliphatic rings. The average Bonchev–Trinajstić information content (AvgIpc) is 2.71. The van der Waals surface area contributed by atoms with Crippen LogP contribution in [0.2, 0.25) is 5.02 Å². The maximum absolute atomic E-state index is 14.3. The van der Waals surface area contributed by atoms with Gasteiger partial charge in [0.05, 0.1) is 16.1 Å². The predicted octanol–water partition coefficient (Wildman–Crippen LogP) is 5.19. The molecule has 198 valence electrons. The molecule has 0 radical (unpaired) electrons. The summed E-state index contributed by atoms with van der Waals surface area (Å²) in [6.07, 6.45) is -12.6. The average molecular weight is 562 g/mol. The van der Waals surface area contributed by atoms with E-state index in [4.69, 9.17) is 11.6 Å². The number of hydrogen-bond acceptors (Lipinski definition) is 4. The fraction of sp³-hybridized carbons (Fsp3) is 0.333. The third kappa shape index (κ3) is 6.16. The summed E-state index contributed by atoms with van der Waals surface area (Å²) < 4.78 is 114. The number of amides is 2. The van der Waals surface area contributed by atoms with Crippen molar-refractivity contribution in [1.82, 2.24) is 5.32 Å². The van der Waals surface area contributed by atoms with Crippen LogP contribution in [-0.2, 0) is 16.7 Å². The topological polar surface area (TPSA) is 98.3 Å². The maximum atomic E-state index is 14.3. The van der Waals surface area contributed by atoms with E-state index in [1.54, 1.807) is 0 Å². The summed E-state index contributed by atoms with van der Waals surface area (Å²) in [7, 11) is 0. The first kappa shape index (κ1) is 29.5. The van der Waals surface area contributed by atoms with E-state index in [-0.39, 0.29) is 33.5 Å². The highest BCUT2D eigenvalue weighted by Crippen LogP contribution is 2.53. The van der Waals surface area contributed by atoms with Crippen molar-refractivity contribution in [2.75, 3.05) is 11.1 Å². The smallest absolute Gasteiger partial charge is 0.435 e. The molecule has 2 aromatic rings. The Labute approximate surface area is 207 Å². The van der Waals surface area contributed by atoms with Crippen LogP contribution in [0.3, 0.4) is 0 Å². The van der Waals surface area contributed by atoms with Crippen molar-refractivity contribution in [2.45, 2.75) is 37.9 Å². The number of hydrogen-bond donors (Lipinski definition) is 2. The molecule has 2 atom stereocenters. The third-order valence-corrected chi connectivity index (χ3v) is 5.99. The summed E-state index contributed by atoms with van der Waals surface area (Å²) in [6.45, 7) is 2.42. The van der Waals surface area contributed by atoms with Crippen LogP contribution in [0.5, 0.6) is 0 Å². The number of rotatable bonds is 7. The lowest BCUT2D eigenvalue weighted by atomic mass is 9.92. The van der Waals surface area contributed by atoms with Crippen molar-refractivity contribution in [3.8, 4) is 0 Å². The largest absolute Gasteiger partial charge is 0.772 e. The van der Waals surface area contributed by atoms with Crippen molar-refractivity contribution in [3.63, 3.8) is 0 Å². The van der Waals surface area contributed by atoms with Crippen molar-refractivity contribution >= 4 is 40.2 Å². The second-order valence-corrected chi connectivity index (χ2v) is 8.99. The van der Waals surface area contributed by atoms with Crippen LogP contribution < -0.4 is 10.6 Å². The molecule has 0 spiro atoms. The highest BCUT2D eigenvalue weighted by molar-refractivity contribution is 7.79. The second kappa shape index (κ2) is 10.7. The van der Waals surface area contributed by atoms with Gasteiger partial charge in [0, 0.05) is 23.0 Å². The molecule has 0 aromatic heterocycles. The quantitative estimate of drug-likeness (QED) is 0.359. The molecule has 0 bridgehead atoms. The fourth-order valence-corrected chi connectivity index (χ4v) is 3.93. The van der Waals surface area contributed by atoms with E-state index in [0.29, 0.717) is 12.1 Å². The molecule has 0 fully saturated rings. The standard InChI is InChI=1S/C21H18ClF7N2O4S/c1-10-8-12(19(23,20(24,25)26)21(27,28)29)6-7-15(10)31-17(32)13-4-3-5-14(22)16(13)18(33)30-11(2)9-36(34)35/h3-8,11H,9H2,1-2H3,(H,30,33)(H,31,32)(H,34,35)/p-1/t11-/m0/s1. The number of nitrogens with one attached hydrogen (secondary N) is 2. The van der Waals surface area contributed by atoms with E-state index >= 15 is 0 Å². The molecule has 15 heteroatoms. The van der Waals surface area contributed by atoms with Gasteiger partial charge in [-0.3, -0.25) is 13.8 Å². The summed E-state index contributed by atoms with van der Waals surface area (Å²) in [5.41, 5.74) is -8.66. The minimum Gasteiger partial charge on any atom is -0.772 e. The van der Waals surface area contributed by atoms with E-state index < -0.39 is 58.3 Å². The zero-order valence-electron chi connectivity index (χ0n) is 18.3. The maximum Gasteiger partial charge on any atom is 0.435 e. The van der Waals surface area contributed by atoms with Crippen LogP contribution in [-0.4, -0.2) is 44.7 Å². The summed E-state index contributed by atoms with van der Waals surface area (Å²) in [5.74, 6) is -2.36. The monoisotopic (exact) mass is 561 g/mol. The molecule has 1 unspecified atom stereocenters. The predicted molar refractivity (Wildman–Crippen MR) is 116 cm³/mol. The number of halogens is 8. The Bertz CT molecular complexity index is 1170. The normalized spacial score (nSPS) is 14.2. The number of anilines is 1. The molecule has 6 nitrogen and oxygen atoms in total. The van der Waals surface area contributed by atoms with Crippen LogP contribution in [0, 0.1) is 6.92 Å². The molecule has 2 amide bonds. The fourth-order valence-electron chi connectivity index (χ4n) is 3.18. The van der Waals surface area contributed by atoms with Crippen LogP contribution in [0.1, 0.15) is 38.8 Å². The van der Waals surface area contributed by atoms with E-state index in [2.05, 4.69) is 10.6 Å². The Morgan fingerprint density at radius 3 is 2.11 bits per heavy atom. The van der Waals surface area contributed by atoms with Crippen molar-refractivity contribution in [2.24, 2.45) is 0 Å². The molecule has 0 heterocycles. The molecule has 2 aromatic carbocycles. The SMILES string of the molecule is Cc1cc(C(F)(C(F)(F)F)C(F)(F)F)ccc1NC(=O)c1cccc(Cl)c1C(=O)N[C@@H](C)CS(=O)[O-].